The number of carbonyl (C=O) groups is 1. The number of aromatic carboxylic acids is 1. The van der Waals surface area contributed by atoms with Crippen LogP contribution in [0.4, 0.5) is 10.1 Å². The van der Waals surface area contributed by atoms with E-state index in [2.05, 4.69) is 0 Å². The Balaban J connectivity index is 1.80. The van der Waals surface area contributed by atoms with Gasteiger partial charge in [0, 0.05) is 6.20 Å². The third-order valence-corrected chi connectivity index (χ3v) is 4.27. The molecular weight excluding hydrogens is 323 g/mol. The van der Waals surface area contributed by atoms with E-state index >= 15 is 0 Å². The standard InChI is InChI=1S/C19H19FN2O3/c20-12-25-18-6-2-3-14-9-13(7-8-17(14)18)11-22(21)16-5-1-4-15(10-16)19(23)24/h1-6,10-11H,7-9,12,21H2,(H,23,24)/b13-11-. The molecule has 5 nitrogen and oxygen atoms in total. The van der Waals surface area contributed by atoms with E-state index in [-0.39, 0.29) is 5.56 Å². The number of ether oxygens (including phenoxy) is 1. The van der Waals surface area contributed by atoms with Crippen molar-refractivity contribution in [3.05, 3.63) is 70.9 Å². The van der Waals surface area contributed by atoms with Gasteiger partial charge in [0.2, 0.25) is 6.86 Å². The number of rotatable bonds is 5. The molecule has 1 aliphatic carbocycles. The summed E-state index contributed by atoms with van der Waals surface area (Å²) in [6.45, 7) is -0.838. The Bertz CT molecular complexity index is 820. The zero-order chi connectivity index (χ0) is 17.8. The Morgan fingerprint density at radius 1 is 1.28 bits per heavy atom. The molecule has 25 heavy (non-hydrogen) atoms. The van der Waals surface area contributed by atoms with Crippen LogP contribution in [0.25, 0.3) is 0 Å². The van der Waals surface area contributed by atoms with Crippen LogP contribution < -0.4 is 15.6 Å². The van der Waals surface area contributed by atoms with E-state index in [9.17, 15) is 9.18 Å². The third-order valence-electron chi connectivity index (χ3n) is 4.27. The van der Waals surface area contributed by atoms with Crippen molar-refractivity contribution in [2.24, 2.45) is 5.84 Å². The second kappa shape index (κ2) is 7.36. The lowest BCUT2D eigenvalue weighted by molar-refractivity contribution is 0.0697. The Morgan fingerprint density at radius 3 is 2.84 bits per heavy atom. The zero-order valence-electron chi connectivity index (χ0n) is 13.6. The van der Waals surface area contributed by atoms with Crippen LogP contribution in [0.3, 0.4) is 0 Å². The van der Waals surface area contributed by atoms with E-state index in [1.807, 2.05) is 18.3 Å². The molecule has 0 aliphatic heterocycles. The highest BCUT2D eigenvalue weighted by Crippen LogP contribution is 2.32. The molecule has 1 aliphatic rings. The summed E-state index contributed by atoms with van der Waals surface area (Å²) in [4.78, 5) is 11.1. The number of carboxylic acid groups (broad SMARTS) is 1. The fraction of sp³-hybridized carbons (Fsp3) is 0.211. The molecule has 2 aromatic rings. The molecule has 0 saturated heterocycles. The molecule has 0 amide bonds. The highest BCUT2D eigenvalue weighted by molar-refractivity contribution is 5.88. The highest BCUT2D eigenvalue weighted by Gasteiger charge is 2.17. The number of hydrogen-bond donors (Lipinski definition) is 2. The maximum absolute atomic E-state index is 12.5. The summed E-state index contributed by atoms with van der Waals surface area (Å²) in [6.07, 6.45) is 4.06. The molecule has 0 fully saturated rings. The van der Waals surface area contributed by atoms with Gasteiger partial charge in [-0.25, -0.2) is 15.0 Å². The second-order valence-electron chi connectivity index (χ2n) is 5.87. The predicted molar refractivity (Wildman–Crippen MR) is 93.2 cm³/mol. The van der Waals surface area contributed by atoms with Crippen molar-refractivity contribution in [3.63, 3.8) is 0 Å². The van der Waals surface area contributed by atoms with Crippen LogP contribution in [0.2, 0.25) is 0 Å². The van der Waals surface area contributed by atoms with E-state index < -0.39 is 12.8 Å². The Hall–Kier alpha value is -2.86. The number of anilines is 1. The molecule has 0 aromatic heterocycles. The van der Waals surface area contributed by atoms with Gasteiger partial charge in [0.05, 0.1) is 11.3 Å². The van der Waals surface area contributed by atoms with Crippen LogP contribution in [0.1, 0.15) is 27.9 Å². The molecule has 0 heterocycles. The highest BCUT2D eigenvalue weighted by atomic mass is 19.1. The number of hydrogen-bond acceptors (Lipinski definition) is 4. The summed E-state index contributed by atoms with van der Waals surface area (Å²) in [7, 11) is 0. The van der Waals surface area contributed by atoms with E-state index in [0.29, 0.717) is 17.9 Å². The molecule has 3 rings (SSSR count). The SMILES string of the molecule is NN(/C=C1/CCc2c(cccc2OCF)C1)c1cccc(C(=O)O)c1. The number of alkyl halides is 1. The molecule has 0 spiro atoms. The second-order valence-corrected chi connectivity index (χ2v) is 5.87. The summed E-state index contributed by atoms with van der Waals surface area (Å²) in [5, 5.41) is 10.5. The maximum Gasteiger partial charge on any atom is 0.335 e. The van der Waals surface area contributed by atoms with Crippen molar-refractivity contribution < 1.29 is 19.0 Å². The third kappa shape index (κ3) is 3.80. The van der Waals surface area contributed by atoms with Gasteiger partial charge in [-0.05, 0) is 60.2 Å². The fourth-order valence-electron chi connectivity index (χ4n) is 3.05. The summed E-state index contributed by atoms with van der Waals surface area (Å²) in [5.41, 5.74) is 4.04. The average Bonchev–Trinajstić information content (AvgIpc) is 2.62. The quantitative estimate of drug-likeness (QED) is 0.643. The summed E-state index contributed by atoms with van der Waals surface area (Å²) in [6, 6.07) is 12.1. The van der Waals surface area contributed by atoms with Gasteiger partial charge in [0.25, 0.3) is 0 Å². The van der Waals surface area contributed by atoms with Crippen molar-refractivity contribution in [1.29, 1.82) is 0 Å². The van der Waals surface area contributed by atoms with Crippen molar-refractivity contribution in [1.82, 2.24) is 0 Å². The van der Waals surface area contributed by atoms with Crippen LogP contribution in [0.5, 0.6) is 5.75 Å². The van der Waals surface area contributed by atoms with Gasteiger partial charge in [0.1, 0.15) is 5.75 Å². The molecule has 3 N–H and O–H groups in total. The number of allylic oxidation sites excluding steroid dienone is 1. The average molecular weight is 342 g/mol. The van der Waals surface area contributed by atoms with E-state index in [1.54, 1.807) is 18.2 Å². The monoisotopic (exact) mass is 342 g/mol. The maximum atomic E-state index is 12.5. The number of hydrazine groups is 1. The first-order valence-electron chi connectivity index (χ1n) is 7.95. The van der Waals surface area contributed by atoms with Crippen LogP contribution in [-0.4, -0.2) is 17.9 Å². The molecule has 0 saturated carbocycles. The molecule has 0 atom stereocenters. The van der Waals surface area contributed by atoms with Gasteiger partial charge < -0.3 is 9.84 Å². The largest absolute Gasteiger partial charge is 0.478 e. The van der Waals surface area contributed by atoms with Crippen LogP contribution in [0.15, 0.2) is 54.2 Å². The molecule has 2 aromatic carbocycles. The lowest BCUT2D eigenvalue weighted by atomic mass is 9.88. The Morgan fingerprint density at radius 2 is 2.08 bits per heavy atom. The number of nitrogens with two attached hydrogens (primary N) is 1. The minimum atomic E-state index is -0.991. The van der Waals surface area contributed by atoms with Gasteiger partial charge in [0.15, 0.2) is 0 Å². The lowest BCUT2D eigenvalue weighted by Gasteiger charge is -2.23. The number of benzene rings is 2. The normalized spacial score (nSPS) is 14.9. The van der Waals surface area contributed by atoms with Crippen LogP contribution in [-0.2, 0) is 12.8 Å². The molecule has 0 bridgehead atoms. The number of halogens is 1. The Kier molecular flexibility index (Phi) is 5.00. The first-order chi connectivity index (χ1) is 12.1. The minimum absolute atomic E-state index is 0.188. The van der Waals surface area contributed by atoms with Crippen LogP contribution in [0, 0.1) is 0 Å². The number of carboxylic acids is 1. The minimum Gasteiger partial charge on any atom is -0.478 e. The smallest absolute Gasteiger partial charge is 0.335 e. The van der Waals surface area contributed by atoms with Gasteiger partial charge in [-0.15, -0.1) is 0 Å². The van der Waals surface area contributed by atoms with Gasteiger partial charge in [-0.1, -0.05) is 18.2 Å². The molecule has 0 radical (unpaired) electrons. The van der Waals surface area contributed by atoms with E-state index in [4.69, 9.17) is 15.7 Å². The number of nitrogens with zero attached hydrogens (tertiary/aromatic N) is 1. The van der Waals surface area contributed by atoms with Crippen molar-refractivity contribution in [3.8, 4) is 5.75 Å². The number of fused-ring (bicyclic) bond motifs is 1. The predicted octanol–water partition coefficient (Wildman–Crippen LogP) is 3.44. The molecular formula is C19H19FN2O3. The summed E-state index contributed by atoms with van der Waals surface area (Å²) < 4.78 is 17.5. The first kappa shape index (κ1) is 17.0. The lowest BCUT2D eigenvalue weighted by Crippen LogP contribution is -2.26. The molecule has 130 valence electrons. The van der Waals surface area contributed by atoms with Gasteiger partial charge in [-0.2, -0.15) is 0 Å². The molecule has 6 heteroatoms. The fourth-order valence-corrected chi connectivity index (χ4v) is 3.05. The van der Waals surface area contributed by atoms with Crippen molar-refractivity contribution >= 4 is 11.7 Å². The Labute approximate surface area is 145 Å². The topological polar surface area (TPSA) is 75.8 Å². The first-order valence-corrected chi connectivity index (χ1v) is 7.95. The molecule has 0 unspecified atom stereocenters. The summed E-state index contributed by atoms with van der Waals surface area (Å²) in [5.74, 6) is 5.69. The van der Waals surface area contributed by atoms with Crippen molar-refractivity contribution in [2.45, 2.75) is 19.3 Å². The van der Waals surface area contributed by atoms with Crippen LogP contribution >= 0.6 is 0 Å². The zero-order valence-corrected chi connectivity index (χ0v) is 13.6. The van der Waals surface area contributed by atoms with Gasteiger partial charge >= 0.3 is 5.97 Å². The van der Waals surface area contributed by atoms with Gasteiger partial charge in [-0.3, -0.25) is 5.01 Å². The summed E-state index contributed by atoms with van der Waals surface area (Å²) >= 11 is 0. The van der Waals surface area contributed by atoms with E-state index in [0.717, 1.165) is 29.5 Å². The van der Waals surface area contributed by atoms with Crippen molar-refractivity contribution in [2.75, 3.05) is 11.9 Å². The van der Waals surface area contributed by atoms with E-state index in [1.165, 1.54) is 17.1 Å².